The van der Waals surface area contributed by atoms with Crippen LogP contribution < -0.4 is 5.32 Å². The molecule has 1 aromatic carbocycles. The lowest BCUT2D eigenvalue weighted by Crippen LogP contribution is -2.04. The first-order valence-electron chi connectivity index (χ1n) is 4.85. The average Bonchev–Trinajstić information content (AvgIpc) is 2.71. The fourth-order valence-electron chi connectivity index (χ4n) is 1.45. The zero-order valence-corrected chi connectivity index (χ0v) is 9.48. The van der Waals surface area contributed by atoms with Gasteiger partial charge in [0.15, 0.2) is 0 Å². The maximum absolute atomic E-state index is 13.2. The van der Waals surface area contributed by atoms with Gasteiger partial charge in [0.2, 0.25) is 0 Å². The molecule has 1 heterocycles. The van der Waals surface area contributed by atoms with Gasteiger partial charge in [-0.2, -0.15) is 5.10 Å². The second kappa shape index (κ2) is 4.63. The Morgan fingerprint density at radius 2 is 2.25 bits per heavy atom. The molecule has 0 saturated carbocycles. The average molecular weight is 240 g/mol. The van der Waals surface area contributed by atoms with Gasteiger partial charge in [-0.05, 0) is 25.2 Å². The highest BCUT2D eigenvalue weighted by molar-refractivity contribution is 6.30. The summed E-state index contributed by atoms with van der Waals surface area (Å²) in [5, 5.41) is 10.1. The topological polar surface area (TPSA) is 40.7 Å². The minimum absolute atomic E-state index is 0.120. The van der Waals surface area contributed by atoms with E-state index in [0.717, 1.165) is 5.69 Å². The molecule has 0 atom stereocenters. The Kier molecular flexibility index (Phi) is 3.22. The summed E-state index contributed by atoms with van der Waals surface area (Å²) >= 11 is 5.61. The van der Waals surface area contributed by atoms with Gasteiger partial charge in [-0.3, -0.25) is 5.10 Å². The maximum Gasteiger partial charge on any atom is 0.142 e. The standard InChI is InChI=1S/C11H11ClFN3/c1-14-6-8-5-11(16-15-8)7-2-3-9(12)10(13)4-7/h2-5,14H,6H2,1H3,(H,15,16). The van der Waals surface area contributed by atoms with E-state index in [9.17, 15) is 4.39 Å². The van der Waals surface area contributed by atoms with E-state index in [4.69, 9.17) is 11.6 Å². The summed E-state index contributed by atoms with van der Waals surface area (Å²) in [6, 6.07) is 6.52. The third kappa shape index (κ3) is 2.23. The van der Waals surface area contributed by atoms with Gasteiger partial charge < -0.3 is 5.32 Å². The fourth-order valence-corrected chi connectivity index (χ4v) is 1.56. The van der Waals surface area contributed by atoms with Crippen molar-refractivity contribution in [1.82, 2.24) is 15.5 Å². The summed E-state index contributed by atoms with van der Waals surface area (Å²) < 4.78 is 13.2. The van der Waals surface area contributed by atoms with Crippen LogP contribution >= 0.6 is 11.6 Å². The van der Waals surface area contributed by atoms with Gasteiger partial charge in [0, 0.05) is 17.8 Å². The van der Waals surface area contributed by atoms with E-state index in [2.05, 4.69) is 15.5 Å². The Balaban J connectivity index is 2.31. The SMILES string of the molecule is CNCc1cc(-c2ccc(Cl)c(F)c2)n[nH]1. The van der Waals surface area contributed by atoms with Crippen molar-refractivity contribution in [3.63, 3.8) is 0 Å². The van der Waals surface area contributed by atoms with Crippen molar-refractivity contribution in [2.45, 2.75) is 6.54 Å². The smallest absolute Gasteiger partial charge is 0.142 e. The minimum atomic E-state index is -0.433. The van der Waals surface area contributed by atoms with Crippen LogP contribution in [0.3, 0.4) is 0 Å². The van der Waals surface area contributed by atoms with Crippen LogP contribution in [-0.4, -0.2) is 17.2 Å². The summed E-state index contributed by atoms with van der Waals surface area (Å²) in [5.41, 5.74) is 2.37. The molecule has 0 aliphatic carbocycles. The highest BCUT2D eigenvalue weighted by atomic mass is 35.5. The number of nitrogens with zero attached hydrogens (tertiary/aromatic N) is 1. The van der Waals surface area contributed by atoms with E-state index in [1.54, 1.807) is 6.07 Å². The molecule has 0 aliphatic rings. The molecule has 2 N–H and O–H groups in total. The van der Waals surface area contributed by atoms with Crippen LogP contribution in [0.4, 0.5) is 4.39 Å². The van der Waals surface area contributed by atoms with Crippen molar-refractivity contribution in [1.29, 1.82) is 0 Å². The van der Waals surface area contributed by atoms with Crippen LogP contribution in [0.2, 0.25) is 5.02 Å². The number of halogens is 2. The number of H-pyrrole nitrogens is 1. The number of hydrogen-bond donors (Lipinski definition) is 2. The Bertz CT molecular complexity index is 496. The molecule has 0 aliphatic heterocycles. The number of benzene rings is 1. The highest BCUT2D eigenvalue weighted by Gasteiger charge is 2.06. The Morgan fingerprint density at radius 3 is 2.94 bits per heavy atom. The Labute approximate surface area is 97.6 Å². The van der Waals surface area contributed by atoms with E-state index >= 15 is 0 Å². The van der Waals surface area contributed by atoms with Crippen molar-refractivity contribution < 1.29 is 4.39 Å². The van der Waals surface area contributed by atoms with E-state index in [1.165, 1.54) is 12.1 Å². The van der Waals surface area contributed by atoms with Crippen molar-refractivity contribution >= 4 is 11.6 Å². The molecule has 0 radical (unpaired) electrons. The molecule has 0 saturated heterocycles. The Hall–Kier alpha value is -1.39. The lowest BCUT2D eigenvalue weighted by atomic mass is 10.1. The molecule has 0 spiro atoms. The molecular formula is C11H11ClFN3. The molecule has 84 valence electrons. The highest BCUT2D eigenvalue weighted by Crippen LogP contribution is 2.23. The first-order chi connectivity index (χ1) is 7.70. The predicted octanol–water partition coefficient (Wildman–Crippen LogP) is 2.59. The first kappa shape index (κ1) is 11.1. The van der Waals surface area contributed by atoms with Gasteiger partial charge in [-0.25, -0.2) is 4.39 Å². The van der Waals surface area contributed by atoms with Crippen LogP contribution in [0.15, 0.2) is 24.3 Å². The van der Waals surface area contributed by atoms with Gasteiger partial charge >= 0.3 is 0 Å². The van der Waals surface area contributed by atoms with Crippen molar-refractivity contribution in [2.24, 2.45) is 0 Å². The number of nitrogens with one attached hydrogen (secondary N) is 2. The van der Waals surface area contributed by atoms with Crippen molar-refractivity contribution in [2.75, 3.05) is 7.05 Å². The van der Waals surface area contributed by atoms with E-state index in [1.807, 2.05) is 13.1 Å². The lowest BCUT2D eigenvalue weighted by Gasteiger charge is -1.97. The number of aromatic nitrogens is 2. The third-order valence-corrected chi connectivity index (χ3v) is 2.52. The van der Waals surface area contributed by atoms with E-state index in [-0.39, 0.29) is 5.02 Å². The zero-order chi connectivity index (χ0) is 11.5. The van der Waals surface area contributed by atoms with Gasteiger partial charge in [0.05, 0.1) is 10.7 Å². The summed E-state index contributed by atoms with van der Waals surface area (Å²) in [5.74, 6) is -0.433. The zero-order valence-electron chi connectivity index (χ0n) is 8.72. The molecule has 0 amide bonds. The van der Waals surface area contributed by atoms with Gasteiger partial charge in [-0.1, -0.05) is 17.7 Å². The van der Waals surface area contributed by atoms with Crippen molar-refractivity contribution in [3.8, 4) is 11.3 Å². The maximum atomic E-state index is 13.2. The third-order valence-electron chi connectivity index (χ3n) is 2.21. The van der Waals surface area contributed by atoms with Gasteiger partial charge in [0.1, 0.15) is 5.82 Å². The van der Waals surface area contributed by atoms with Gasteiger partial charge in [0.25, 0.3) is 0 Å². The summed E-state index contributed by atoms with van der Waals surface area (Å²) in [4.78, 5) is 0. The van der Waals surface area contributed by atoms with Crippen LogP contribution in [0.5, 0.6) is 0 Å². The Morgan fingerprint density at radius 1 is 1.44 bits per heavy atom. The molecule has 1 aromatic heterocycles. The molecule has 0 unspecified atom stereocenters. The normalized spacial score (nSPS) is 10.7. The molecule has 2 rings (SSSR count). The quantitative estimate of drug-likeness (QED) is 0.865. The number of aromatic amines is 1. The van der Waals surface area contributed by atoms with Crippen LogP contribution in [0.25, 0.3) is 11.3 Å². The minimum Gasteiger partial charge on any atom is -0.314 e. The second-order valence-electron chi connectivity index (χ2n) is 3.44. The van der Waals surface area contributed by atoms with Crippen LogP contribution in [-0.2, 0) is 6.54 Å². The molecular weight excluding hydrogens is 229 g/mol. The monoisotopic (exact) mass is 239 g/mol. The van der Waals surface area contributed by atoms with E-state index in [0.29, 0.717) is 17.8 Å². The number of hydrogen-bond acceptors (Lipinski definition) is 2. The van der Waals surface area contributed by atoms with Crippen molar-refractivity contribution in [3.05, 3.63) is 40.8 Å². The second-order valence-corrected chi connectivity index (χ2v) is 3.84. The van der Waals surface area contributed by atoms with Gasteiger partial charge in [-0.15, -0.1) is 0 Å². The summed E-state index contributed by atoms with van der Waals surface area (Å²) in [6.07, 6.45) is 0. The number of rotatable bonds is 3. The molecule has 16 heavy (non-hydrogen) atoms. The van der Waals surface area contributed by atoms with Crippen LogP contribution in [0.1, 0.15) is 5.69 Å². The lowest BCUT2D eigenvalue weighted by molar-refractivity contribution is 0.628. The molecule has 0 bridgehead atoms. The molecule has 3 nitrogen and oxygen atoms in total. The van der Waals surface area contributed by atoms with Crippen LogP contribution in [0, 0.1) is 5.82 Å². The predicted molar refractivity (Wildman–Crippen MR) is 61.8 cm³/mol. The fraction of sp³-hybridized carbons (Fsp3) is 0.182. The summed E-state index contributed by atoms with van der Waals surface area (Å²) in [7, 11) is 1.85. The molecule has 0 fully saturated rings. The first-order valence-corrected chi connectivity index (χ1v) is 5.23. The molecule has 5 heteroatoms. The largest absolute Gasteiger partial charge is 0.314 e. The summed E-state index contributed by atoms with van der Waals surface area (Å²) in [6.45, 7) is 0.697. The molecule has 2 aromatic rings. The van der Waals surface area contributed by atoms with E-state index < -0.39 is 5.82 Å².